The van der Waals surface area contributed by atoms with Crippen molar-refractivity contribution in [2.75, 3.05) is 18.8 Å². The van der Waals surface area contributed by atoms with E-state index in [0.29, 0.717) is 0 Å². The van der Waals surface area contributed by atoms with Gasteiger partial charge in [-0.3, -0.25) is 9.69 Å². The maximum atomic E-state index is 10.7. The monoisotopic (exact) mass is 287 g/mol. The van der Waals surface area contributed by atoms with E-state index >= 15 is 0 Å². The summed E-state index contributed by atoms with van der Waals surface area (Å²) in [6.45, 7) is 4.88. The van der Waals surface area contributed by atoms with Crippen LogP contribution in [0.15, 0.2) is 29.2 Å². The second-order valence-electron chi connectivity index (χ2n) is 4.26. The number of hydrogen-bond donors (Lipinski definition) is 1. The van der Waals surface area contributed by atoms with Gasteiger partial charge >= 0.3 is 5.97 Å². The molecule has 5 heteroatoms. The lowest BCUT2D eigenvalue weighted by molar-refractivity contribution is -0.138. The third kappa shape index (κ3) is 5.76. The van der Waals surface area contributed by atoms with E-state index in [4.69, 9.17) is 16.7 Å². The zero-order valence-electron chi connectivity index (χ0n) is 10.6. The number of aliphatic carboxylic acids is 1. The van der Waals surface area contributed by atoms with E-state index in [9.17, 15) is 4.79 Å². The molecule has 0 bridgehead atoms. The van der Waals surface area contributed by atoms with Gasteiger partial charge in [0.1, 0.15) is 0 Å². The smallest absolute Gasteiger partial charge is 0.317 e. The Morgan fingerprint density at radius 2 is 2.00 bits per heavy atom. The molecule has 1 rings (SSSR count). The van der Waals surface area contributed by atoms with Crippen molar-refractivity contribution in [1.82, 2.24) is 4.90 Å². The molecule has 0 saturated heterocycles. The summed E-state index contributed by atoms with van der Waals surface area (Å²) in [4.78, 5) is 13.8. The number of benzene rings is 1. The van der Waals surface area contributed by atoms with E-state index < -0.39 is 5.97 Å². The van der Waals surface area contributed by atoms with Crippen LogP contribution in [0.4, 0.5) is 0 Å². The highest BCUT2D eigenvalue weighted by molar-refractivity contribution is 7.99. The van der Waals surface area contributed by atoms with E-state index in [1.807, 2.05) is 43.0 Å². The number of carboxylic acids is 1. The molecule has 0 aromatic heterocycles. The summed E-state index contributed by atoms with van der Waals surface area (Å²) < 4.78 is 0. The van der Waals surface area contributed by atoms with Crippen molar-refractivity contribution < 1.29 is 9.90 Å². The Morgan fingerprint density at radius 3 is 2.50 bits per heavy atom. The zero-order valence-corrected chi connectivity index (χ0v) is 12.2. The molecule has 0 radical (unpaired) electrons. The molecule has 1 N–H and O–H groups in total. The predicted octanol–water partition coefficient (Wildman–Crippen LogP) is 3.23. The molecule has 1 aromatic carbocycles. The first-order valence-corrected chi connectivity index (χ1v) is 7.19. The van der Waals surface area contributed by atoms with Crippen LogP contribution in [0.1, 0.15) is 13.8 Å². The number of nitrogens with zero attached hydrogens (tertiary/aromatic N) is 1. The number of thioether (sulfide) groups is 1. The topological polar surface area (TPSA) is 40.5 Å². The number of rotatable bonds is 7. The van der Waals surface area contributed by atoms with Crippen LogP contribution in [0.3, 0.4) is 0 Å². The van der Waals surface area contributed by atoms with Gasteiger partial charge in [-0.25, -0.2) is 0 Å². The number of halogens is 1. The fourth-order valence-electron chi connectivity index (χ4n) is 1.51. The first-order chi connectivity index (χ1) is 8.49. The minimum atomic E-state index is -0.778. The number of carbonyl (C=O) groups is 1. The fourth-order valence-corrected chi connectivity index (χ4v) is 2.52. The van der Waals surface area contributed by atoms with Crippen LogP contribution in [0.25, 0.3) is 0 Å². The standard InChI is InChI=1S/C13H18ClNO2S/c1-10(2)15(9-13(16)17)7-8-18-12-5-3-11(14)4-6-12/h3-6,10H,7-9H2,1-2H3,(H,16,17). The summed E-state index contributed by atoms with van der Waals surface area (Å²) >= 11 is 7.52. The normalized spacial score (nSPS) is 11.2. The second kappa shape index (κ2) is 7.67. The third-order valence-corrected chi connectivity index (χ3v) is 3.77. The van der Waals surface area contributed by atoms with Gasteiger partial charge in [-0.2, -0.15) is 0 Å². The SMILES string of the molecule is CC(C)N(CCSc1ccc(Cl)cc1)CC(=O)O. The Hall–Kier alpha value is -0.710. The van der Waals surface area contributed by atoms with Crippen LogP contribution in [0, 0.1) is 0 Å². The van der Waals surface area contributed by atoms with Crippen LogP contribution in [0.5, 0.6) is 0 Å². The Balaban J connectivity index is 2.38. The van der Waals surface area contributed by atoms with Crippen molar-refractivity contribution in [3.8, 4) is 0 Å². The molecule has 0 aliphatic rings. The van der Waals surface area contributed by atoms with Crippen molar-refractivity contribution in [1.29, 1.82) is 0 Å². The number of carboxylic acid groups (broad SMARTS) is 1. The molecule has 0 unspecified atom stereocenters. The molecule has 0 atom stereocenters. The van der Waals surface area contributed by atoms with E-state index in [1.165, 1.54) is 0 Å². The molecule has 0 spiro atoms. The maximum Gasteiger partial charge on any atom is 0.317 e. The minimum absolute atomic E-state index is 0.0961. The van der Waals surface area contributed by atoms with E-state index in [1.54, 1.807) is 11.8 Å². The Morgan fingerprint density at radius 1 is 1.39 bits per heavy atom. The lowest BCUT2D eigenvalue weighted by Crippen LogP contribution is -2.37. The fraction of sp³-hybridized carbons (Fsp3) is 0.462. The molecule has 0 fully saturated rings. The average molecular weight is 288 g/mol. The third-order valence-electron chi connectivity index (χ3n) is 2.53. The van der Waals surface area contributed by atoms with Gasteiger partial charge in [-0.15, -0.1) is 11.8 Å². The number of hydrogen-bond acceptors (Lipinski definition) is 3. The van der Waals surface area contributed by atoms with Crippen molar-refractivity contribution >= 4 is 29.3 Å². The Bertz CT molecular complexity index is 381. The van der Waals surface area contributed by atoms with Gasteiger partial charge < -0.3 is 5.11 Å². The van der Waals surface area contributed by atoms with Crippen LogP contribution in [-0.2, 0) is 4.79 Å². The molecular formula is C13H18ClNO2S. The first-order valence-electron chi connectivity index (χ1n) is 5.83. The predicted molar refractivity (Wildman–Crippen MR) is 76.5 cm³/mol. The van der Waals surface area contributed by atoms with E-state index in [0.717, 1.165) is 22.2 Å². The summed E-state index contributed by atoms with van der Waals surface area (Å²) in [6.07, 6.45) is 0. The second-order valence-corrected chi connectivity index (χ2v) is 5.87. The molecule has 0 aliphatic carbocycles. The van der Waals surface area contributed by atoms with Crippen molar-refractivity contribution in [3.05, 3.63) is 29.3 Å². The van der Waals surface area contributed by atoms with Gasteiger partial charge in [0.15, 0.2) is 0 Å². The summed E-state index contributed by atoms with van der Waals surface area (Å²) in [5, 5.41) is 9.55. The van der Waals surface area contributed by atoms with Gasteiger partial charge in [0.2, 0.25) is 0 Å². The molecular weight excluding hydrogens is 270 g/mol. The molecule has 0 heterocycles. The summed E-state index contributed by atoms with van der Waals surface area (Å²) in [5.74, 6) is 0.0905. The summed E-state index contributed by atoms with van der Waals surface area (Å²) in [5.41, 5.74) is 0. The quantitative estimate of drug-likeness (QED) is 0.782. The highest BCUT2D eigenvalue weighted by Crippen LogP contribution is 2.20. The van der Waals surface area contributed by atoms with Crippen LogP contribution in [-0.4, -0.2) is 40.9 Å². The molecule has 0 saturated carbocycles. The minimum Gasteiger partial charge on any atom is -0.480 e. The molecule has 1 aromatic rings. The maximum absolute atomic E-state index is 10.7. The van der Waals surface area contributed by atoms with Crippen molar-refractivity contribution in [2.24, 2.45) is 0 Å². The highest BCUT2D eigenvalue weighted by atomic mass is 35.5. The molecule has 3 nitrogen and oxygen atoms in total. The van der Waals surface area contributed by atoms with Crippen molar-refractivity contribution in [2.45, 2.75) is 24.8 Å². The molecule has 0 aliphatic heterocycles. The van der Waals surface area contributed by atoms with E-state index in [2.05, 4.69) is 0 Å². The van der Waals surface area contributed by atoms with Gasteiger partial charge in [-0.1, -0.05) is 11.6 Å². The van der Waals surface area contributed by atoms with Crippen LogP contribution < -0.4 is 0 Å². The molecule has 100 valence electrons. The van der Waals surface area contributed by atoms with E-state index in [-0.39, 0.29) is 12.6 Å². The molecule has 0 amide bonds. The largest absolute Gasteiger partial charge is 0.480 e. The highest BCUT2D eigenvalue weighted by Gasteiger charge is 2.12. The zero-order chi connectivity index (χ0) is 13.5. The van der Waals surface area contributed by atoms with Gasteiger partial charge in [-0.05, 0) is 38.1 Å². The summed E-state index contributed by atoms with van der Waals surface area (Å²) in [7, 11) is 0. The lowest BCUT2D eigenvalue weighted by Gasteiger charge is -2.24. The average Bonchev–Trinajstić information content (AvgIpc) is 2.29. The summed E-state index contributed by atoms with van der Waals surface area (Å²) in [6, 6.07) is 7.92. The van der Waals surface area contributed by atoms with Gasteiger partial charge in [0.25, 0.3) is 0 Å². The lowest BCUT2D eigenvalue weighted by atomic mass is 10.3. The molecule has 18 heavy (non-hydrogen) atoms. The Kier molecular flexibility index (Phi) is 6.54. The van der Waals surface area contributed by atoms with Gasteiger partial charge in [0, 0.05) is 28.3 Å². The Labute approximate surface area is 117 Å². The van der Waals surface area contributed by atoms with Gasteiger partial charge in [0.05, 0.1) is 6.54 Å². The first kappa shape index (κ1) is 15.3. The van der Waals surface area contributed by atoms with Crippen molar-refractivity contribution in [3.63, 3.8) is 0 Å². The van der Waals surface area contributed by atoms with Crippen LogP contribution >= 0.6 is 23.4 Å². The van der Waals surface area contributed by atoms with Crippen LogP contribution in [0.2, 0.25) is 5.02 Å².